The van der Waals surface area contributed by atoms with Gasteiger partial charge < -0.3 is 10.0 Å². The van der Waals surface area contributed by atoms with Crippen molar-refractivity contribution in [3.05, 3.63) is 29.8 Å². The van der Waals surface area contributed by atoms with Gasteiger partial charge in [-0.3, -0.25) is 9.59 Å². The zero-order valence-electron chi connectivity index (χ0n) is 12.4. The van der Waals surface area contributed by atoms with Crippen LogP contribution < -0.4 is 0 Å². The molecule has 2 rings (SSSR count). The maximum absolute atomic E-state index is 12.4. The maximum atomic E-state index is 12.4. The van der Waals surface area contributed by atoms with E-state index in [1.165, 1.54) is 0 Å². The highest BCUT2D eigenvalue weighted by Crippen LogP contribution is 2.24. The van der Waals surface area contributed by atoms with Crippen LogP contribution in [0.5, 0.6) is 0 Å². The molecule has 0 aliphatic carbocycles. The van der Waals surface area contributed by atoms with Crippen molar-refractivity contribution in [2.75, 3.05) is 13.1 Å². The van der Waals surface area contributed by atoms with Gasteiger partial charge in [0.2, 0.25) is 0 Å². The first-order chi connectivity index (χ1) is 9.97. The monoisotopic (exact) mass is 307 g/mol. The van der Waals surface area contributed by atoms with Gasteiger partial charge in [0.15, 0.2) is 0 Å². The molecule has 0 spiro atoms. The van der Waals surface area contributed by atoms with Crippen molar-refractivity contribution >= 4 is 23.6 Å². The Balaban J connectivity index is 2.03. The first-order valence-electron chi connectivity index (χ1n) is 7.26. The van der Waals surface area contributed by atoms with E-state index in [0.717, 1.165) is 11.3 Å². The molecule has 0 bridgehead atoms. The summed E-state index contributed by atoms with van der Waals surface area (Å²) in [6.07, 6.45) is 1.41. The summed E-state index contributed by atoms with van der Waals surface area (Å²) in [7, 11) is 0. The van der Waals surface area contributed by atoms with E-state index >= 15 is 0 Å². The zero-order valence-corrected chi connectivity index (χ0v) is 13.2. The molecule has 1 aliphatic heterocycles. The van der Waals surface area contributed by atoms with Crippen LogP contribution in [0.3, 0.4) is 0 Å². The summed E-state index contributed by atoms with van der Waals surface area (Å²) in [5, 5.41) is 9.59. The molecule has 1 unspecified atom stereocenters. The lowest BCUT2D eigenvalue weighted by Gasteiger charge is -2.30. The van der Waals surface area contributed by atoms with Gasteiger partial charge in [-0.15, -0.1) is 11.8 Å². The van der Waals surface area contributed by atoms with Crippen molar-refractivity contribution in [1.29, 1.82) is 0 Å². The van der Waals surface area contributed by atoms with Gasteiger partial charge in [-0.2, -0.15) is 0 Å². The Morgan fingerprint density at radius 2 is 1.95 bits per heavy atom. The second kappa shape index (κ2) is 6.98. The summed E-state index contributed by atoms with van der Waals surface area (Å²) in [4.78, 5) is 26.3. The fourth-order valence-corrected chi connectivity index (χ4v) is 3.33. The quantitative estimate of drug-likeness (QED) is 0.868. The van der Waals surface area contributed by atoms with Crippen molar-refractivity contribution in [2.45, 2.75) is 36.8 Å². The predicted octanol–water partition coefficient (Wildman–Crippen LogP) is 3.12. The molecular weight excluding hydrogens is 286 g/mol. The van der Waals surface area contributed by atoms with E-state index in [9.17, 15) is 9.59 Å². The summed E-state index contributed by atoms with van der Waals surface area (Å²) in [5.41, 5.74) is 0.633. The Hall–Kier alpha value is -1.49. The SMILES string of the molecule is CC(C)Sc1ccc(C(=O)N2CCCC(C(=O)O)C2)cc1. The topological polar surface area (TPSA) is 57.6 Å². The summed E-state index contributed by atoms with van der Waals surface area (Å²) in [5.74, 6) is -1.31. The number of carbonyl (C=O) groups is 2. The van der Waals surface area contributed by atoms with Gasteiger partial charge in [0, 0.05) is 28.8 Å². The van der Waals surface area contributed by atoms with Crippen molar-refractivity contribution < 1.29 is 14.7 Å². The number of nitrogens with zero attached hydrogens (tertiary/aromatic N) is 1. The number of likely N-dealkylation sites (tertiary alicyclic amines) is 1. The summed E-state index contributed by atoms with van der Waals surface area (Å²) in [6.45, 7) is 5.22. The predicted molar refractivity (Wildman–Crippen MR) is 83.7 cm³/mol. The van der Waals surface area contributed by atoms with E-state index in [4.69, 9.17) is 5.11 Å². The van der Waals surface area contributed by atoms with Crippen molar-refractivity contribution in [2.24, 2.45) is 5.92 Å². The minimum Gasteiger partial charge on any atom is -0.481 e. The number of rotatable bonds is 4. The Bertz CT molecular complexity index is 513. The Labute approximate surface area is 129 Å². The minimum atomic E-state index is -0.809. The molecule has 1 aromatic rings. The molecule has 114 valence electrons. The van der Waals surface area contributed by atoms with Crippen LogP contribution in [0.4, 0.5) is 0 Å². The van der Waals surface area contributed by atoms with Crippen LogP contribution in [0, 0.1) is 5.92 Å². The van der Waals surface area contributed by atoms with Crippen LogP contribution in [0.25, 0.3) is 0 Å². The Morgan fingerprint density at radius 3 is 2.52 bits per heavy atom. The lowest BCUT2D eigenvalue weighted by molar-refractivity contribution is -0.143. The van der Waals surface area contributed by atoms with Crippen molar-refractivity contribution in [3.63, 3.8) is 0 Å². The molecule has 1 aromatic carbocycles. The molecule has 4 nitrogen and oxygen atoms in total. The average molecular weight is 307 g/mol. The number of carboxylic acids is 1. The second-order valence-electron chi connectivity index (χ2n) is 5.62. The number of amides is 1. The molecule has 0 radical (unpaired) electrons. The van der Waals surface area contributed by atoms with Gasteiger partial charge in [0.1, 0.15) is 0 Å². The standard InChI is InChI=1S/C16H21NO3S/c1-11(2)21-14-7-5-12(6-8-14)15(18)17-9-3-4-13(10-17)16(19)20/h5-8,11,13H,3-4,9-10H2,1-2H3,(H,19,20). The smallest absolute Gasteiger partial charge is 0.308 e. The number of hydrogen-bond donors (Lipinski definition) is 1. The lowest BCUT2D eigenvalue weighted by Crippen LogP contribution is -2.42. The van der Waals surface area contributed by atoms with E-state index in [-0.39, 0.29) is 5.91 Å². The van der Waals surface area contributed by atoms with Gasteiger partial charge in [0.05, 0.1) is 5.92 Å². The van der Waals surface area contributed by atoms with Crippen molar-refractivity contribution in [3.8, 4) is 0 Å². The normalized spacial score (nSPS) is 18.8. The van der Waals surface area contributed by atoms with Crippen LogP contribution in [0.1, 0.15) is 37.0 Å². The van der Waals surface area contributed by atoms with Gasteiger partial charge in [-0.25, -0.2) is 0 Å². The van der Waals surface area contributed by atoms with Gasteiger partial charge in [-0.05, 0) is 37.1 Å². The molecule has 0 saturated carbocycles. The second-order valence-corrected chi connectivity index (χ2v) is 7.27. The van der Waals surface area contributed by atoms with E-state index < -0.39 is 11.9 Å². The Morgan fingerprint density at radius 1 is 1.29 bits per heavy atom. The van der Waals surface area contributed by atoms with Crippen LogP contribution in [0.2, 0.25) is 0 Å². The molecule has 0 aromatic heterocycles. The van der Waals surface area contributed by atoms with Crippen LogP contribution >= 0.6 is 11.8 Å². The highest BCUT2D eigenvalue weighted by atomic mass is 32.2. The summed E-state index contributed by atoms with van der Waals surface area (Å²) >= 11 is 1.76. The van der Waals surface area contributed by atoms with Gasteiger partial charge in [-0.1, -0.05) is 13.8 Å². The van der Waals surface area contributed by atoms with Crippen LogP contribution in [0.15, 0.2) is 29.2 Å². The molecule has 1 N–H and O–H groups in total. The van der Waals surface area contributed by atoms with Gasteiger partial charge in [0.25, 0.3) is 5.91 Å². The number of aliphatic carboxylic acids is 1. The molecule has 1 saturated heterocycles. The van der Waals surface area contributed by atoms with Gasteiger partial charge >= 0.3 is 5.97 Å². The van der Waals surface area contributed by atoms with Crippen LogP contribution in [-0.4, -0.2) is 40.2 Å². The van der Waals surface area contributed by atoms with E-state index in [1.807, 2.05) is 24.3 Å². The average Bonchev–Trinajstić information content (AvgIpc) is 2.47. The molecular formula is C16H21NO3S. The highest BCUT2D eigenvalue weighted by Gasteiger charge is 2.28. The number of carboxylic acid groups (broad SMARTS) is 1. The number of thioether (sulfide) groups is 1. The molecule has 5 heteroatoms. The minimum absolute atomic E-state index is 0.0675. The third-order valence-electron chi connectivity index (χ3n) is 3.53. The third-order valence-corrected chi connectivity index (χ3v) is 4.55. The number of hydrogen-bond acceptors (Lipinski definition) is 3. The lowest BCUT2D eigenvalue weighted by atomic mass is 9.97. The molecule has 1 atom stereocenters. The maximum Gasteiger partial charge on any atom is 0.308 e. The highest BCUT2D eigenvalue weighted by molar-refractivity contribution is 7.99. The first-order valence-corrected chi connectivity index (χ1v) is 8.14. The summed E-state index contributed by atoms with van der Waals surface area (Å²) in [6, 6.07) is 7.57. The fourth-order valence-electron chi connectivity index (χ4n) is 2.49. The number of piperidine rings is 1. The number of benzene rings is 1. The third kappa shape index (κ3) is 4.24. The Kier molecular flexibility index (Phi) is 5.28. The van der Waals surface area contributed by atoms with E-state index in [0.29, 0.717) is 30.3 Å². The van der Waals surface area contributed by atoms with E-state index in [1.54, 1.807) is 16.7 Å². The largest absolute Gasteiger partial charge is 0.481 e. The summed E-state index contributed by atoms with van der Waals surface area (Å²) < 4.78 is 0. The zero-order chi connectivity index (χ0) is 15.4. The fraction of sp³-hybridized carbons (Fsp3) is 0.500. The molecule has 1 heterocycles. The van der Waals surface area contributed by atoms with E-state index in [2.05, 4.69) is 13.8 Å². The molecule has 21 heavy (non-hydrogen) atoms. The first kappa shape index (κ1) is 15.9. The van der Waals surface area contributed by atoms with Crippen LogP contribution in [-0.2, 0) is 4.79 Å². The molecule has 1 fully saturated rings. The number of carbonyl (C=O) groups excluding carboxylic acids is 1. The van der Waals surface area contributed by atoms with Crippen molar-refractivity contribution in [1.82, 2.24) is 4.90 Å². The molecule has 1 aliphatic rings. The molecule has 1 amide bonds.